The van der Waals surface area contributed by atoms with Gasteiger partial charge in [-0.25, -0.2) is 4.98 Å². The highest BCUT2D eigenvalue weighted by molar-refractivity contribution is 7.53. The van der Waals surface area contributed by atoms with Crippen LogP contribution in [0.1, 0.15) is 39.9 Å². The summed E-state index contributed by atoms with van der Waals surface area (Å²) in [6.45, 7) is 0.436. The molecular formula is C28H33F3N5O7P. The van der Waals surface area contributed by atoms with Gasteiger partial charge in [-0.15, -0.1) is 0 Å². The summed E-state index contributed by atoms with van der Waals surface area (Å²) in [6.07, 6.45) is -4.35. The van der Waals surface area contributed by atoms with E-state index in [1.54, 1.807) is 25.2 Å². The minimum Gasteiger partial charge on any atom is -0.495 e. The Bertz CT molecular complexity index is 1560. The van der Waals surface area contributed by atoms with Crippen molar-refractivity contribution in [3.8, 4) is 5.75 Å². The van der Waals surface area contributed by atoms with Crippen molar-refractivity contribution in [2.24, 2.45) is 0 Å². The van der Waals surface area contributed by atoms with E-state index >= 15 is 0 Å². The lowest BCUT2D eigenvalue weighted by Gasteiger charge is -2.35. The highest BCUT2D eigenvalue weighted by atomic mass is 31.2. The topological polar surface area (TPSA) is 155 Å². The predicted octanol–water partition coefficient (Wildman–Crippen LogP) is 5.02. The molecule has 44 heavy (non-hydrogen) atoms. The van der Waals surface area contributed by atoms with Crippen LogP contribution in [0.15, 0.2) is 42.6 Å². The molecule has 2 heterocycles. The first-order valence-electron chi connectivity index (χ1n) is 13.3. The molecular weight excluding hydrogens is 606 g/mol. The Morgan fingerprint density at radius 1 is 1.02 bits per heavy atom. The Morgan fingerprint density at radius 2 is 1.70 bits per heavy atom. The second-order valence-electron chi connectivity index (χ2n) is 10.2. The van der Waals surface area contributed by atoms with Crippen LogP contribution in [-0.2, 0) is 31.9 Å². The molecule has 0 unspecified atom stereocenters. The Labute approximate surface area is 251 Å². The largest absolute Gasteiger partial charge is 0.495 e. The molecule has 2 aromatic carbocycles. The van der Waals surface area contributed by atoms with E-state index in [4.69, 9.17) is 14.2 Å². The van der Waals surface area contributed by atoms with Crippen LogP contribution in [0.2, 0.25) is 0 Å². The fraction of sp³-hybridized carbons (Fsp3) is 0.393. The lowest BCUT2D eigenvalue weighted by molar-refractivity contribution is -0.137. The van der Waals surface area contributed by atoms with Crippen molar-refractivity contribution in [3.05, 3.63) is 64.8 Å². The van der Waals surface area contributed by atoms with Crippen molar-refractivity contribution in [1.29, 1.82) is 0 Å². The Hall–Kier alpha value is -3.75. The normalized spacial score (nSPS) is 13.7. The van der Waals surface area contributed by atoms with E-state index in [0.717, 1.165) is 5.56 Å². The number of aromatic nitrogens is 2. The smallest absolute Gasteiger partial charge is 0.421 e. The van der Waals surface area contributed by atoms with Crippen molar-refractivity contribution in [2.45, 2.75) is 30.7 Å². The summed E-state index contributed by atoms with van der Waals surface area (Å²) in [6, 6.07) is 9.21. The maximum absolute atomic E-state index is 14.0. The molecule has 0 atom stereocenters. The van der Waals surface area contributed by atoms with Crippen molar-refractivity contribution < 1.29 is 46.5 Å². The number of anilines is 4. The number of benzene rings is 2. The molecule has 4 rings (SSSR count). The summed E-state index contributed by atoms with van der Waals surface area (Å²) in [5, 5.41) is 3.78. The number of hydrogen-bond acceptors (Lipinski definition) is 9. The maximum atomic E-state index is 14.0. The summed E-state index contributed by atoms with van der Waals surface area (Å²) < 4.78 is 70.6. The van der Waals surface area contributed by atoms with Gasteiger partial charge in [-0.2, -0.15) is 18.2 Å². The Kier molecular flexibility index (Phi) is 9.86. The van der Waals surface area contributed by atoms with Crippen LogP contribution in [0.4, 0.5) is 36.3 Å². The van der Waals surface area contributed by atoms with Gasteiger partial charge in [-0.05, 0) is 42.2 Å². The van der Waals surface area contributed by atoms with E-state index in [9.17, 15) is 32.3 Å². The summed E-state index contributed by atoms with van der Waals surface area (Å²) in [7, 11) is 0.891. The molecule has 0 fully saturated rings. The molecule has 0 aliphatic carbocycles. The van der Waals surface area contributed by atoms with Crippen LogP contribution in [0.25, 0.3) is 0 Å². The molecule has 4 N–H and O–H groups in total. The number of carbonyl (C=O) groups excluding carboxylic acids is 1. The second kappa shape index (κ2) is 13.1. The summed E-state index contributed by atoms with van der Waals surface area (Å²) in [4.78, 5) is 43.0. The van der Waals surface area contributed by atoms with Gasteiger partial charge in [0.1, 0.15) is 22.3 Å². The molecule has 1 aliphatic rings. The highest BCUT2D eigenvalue weighted by Crippen LogP contribution is 2.61. The average molecular weight is 640 g/mol. The highest BCUT2D eigenvalue weighted by Gasteiger charge is 2.48. The first-order chi connectivity index (χ1) is 20.8. The van der Waals surface area contributed by atoms with E-state index in [2.05, 4.69) is 20.6 Å². The van der Waals surface area contributed by atoms with E-state index in [1.165, 1.54) is 44.4 Å². The number of fused-ring (bicyclic) bond motifs is 1. The zero-order chi connectivity index (χ0) is 32.3. The molecule has 1 amide bonds. The number of rotatable bonds is 13. The Balaban J connectivity index is 1.75. The molecule has 1 aromatic heterocycles. The van der Waals surface area contributed by atoms with Gasteiger partial charge in [-0.1, -0.05) is 18.2 Å². The molecule has 0 saturated carbocycles. The molecule has 0 bridgehead atoms. The lowest BCUT2D eigenvalue weighted by Crippen LogP contribution is -2.30. The van der Waals surface area contributed by atoms with E-state index in [-0.39, 0.29) is 54.9 Å². The van der Waals surface area contributed by atoms with Crippen molar-refractivity contribution in [1.82, 2.24) is 14.9 Å². The zero-order valence-corrected chi connectivity index (χ0v) is 25.3. The third-order valence-electron chi connectivity index (χ3n) is 7.45. The van der Waals surface area contributed by atoms with Crippen molar-refractivity contribution in [3.63, 3.8) is 0 Å². The second-order valence-corrected chi connectivity index (χ2v) is 12.1. The molecule has 1 aliphatic heterocycles. The SMILES string of the molecule is COCCC(CCOC)(c1ccc(Nc2nc(Nc3cccc4c3C(=O)N(C)C4)ncc2C(F)(F)F)c(OC)c1)P(=O)(O)O. The minimum atomic E-state index is -4.84. The molecule has 12 nitrogen and oxygen atoms in total. The fourth-order valence-corrected chi connectivity index (χ4v) is 6.34. The number of nitrogens with zero attached hydrogens (tertiary/aromatic N) is 3. The lowest BCUT2D eigenvalue weighted by atomic mass is 9.91. The van der Waals surface area contributed by atoms with Crippen LogP contribution in [0.5, 0.6) is 5.75 Å². The Morgan fingerprint density at radius 3 is 2.30 bits per heavy atom. The van der Waals surface area contributed by atoms with Crippen LogP contribution >= 0.6 is 7.60 Å². The first-order valence-corrected chi connectivity index (χ1v) is 14.9. The van der Waals surface area contributed by atoms with Gasteiger partial charge in [-0.3, -0.25) is 9.36 Å². The summed E-state index contributed by atoms with van der Waals surface area (Å²) in [5.41, 5.74) is 0.525. The van der Waals surface area contributed by atoms with Crippen LogP contribution in [-0.4, -0.2) is 72.2 Å². The van der Waals surface area contributed by atoms with Gasteiger partial charge >= 0.3 is 13.8 Å². The molecule has 0 spiro atoms. The number of methoxy groups -OCH3 is 3. The fourth-order valence-electron chi connectivity index (χ4n) is 5.10. The molecule has 3 aromatic rings. The molecule has 0 radical (unpaired) electrons. The average Bonchev–Trinajstić information content (AvgIpc) is 3.26. The monoisotopic (exact) mass is 639 g/mol. The maximum Gasteiger partial charge on any atom is 0.421 e. The first kappa shape index (κ1) is 33.1. The number of alkyl halides is 3. The number of hydrogen-bond donors (Lipinski definition) is 4. The number of nitrogens with one attached hydrogen (secondary N) is 2. The van der Waals surface area contributed by atoms with Crippen LogP contribution in [0.3, 0.4) is 0 Å². The quantitative estimate of drug-likeness (QED) is 0.186. The molecule has 16 heteroatoms. The summed E-state index contributed by atoms with van der Waals surface area (Å²) in [5.74, 6) is -1.06. The van der Waals surface area contributed by atoms with Crippen LogP contribution < -0.4 is 15.4 Å². The van der Waals surface area contributed by atoms with Gasteiger partial charge in [0.25, 0.3) is 5.91 Å². The zero-order valence-electron chi connectivity index (χ0n) is 24.4. The number of amides is 1. The van der Waals surface area contributed by atoms with Gasteiger partial charge in [0.15, 0.2) is 0 Å². The third kappa shape index (κ3) is 6.66. The molecule has 238 valence electrons. The minimum absolute atomic E-state index is 0.00548. The van der Waals surface area contributed by atoms with E-state index in [1.807, 2.05) is 0 Å². The third-order valence-corrected chi connectivity index (χ3v) is 9.27. The standard InChI is InChI=1S/C28H33F3N5O7P/c1-36-16-17-6-5-7-21(23(17)25(36)37)34-26-32-15-19(28(29,30)31)24(35-26)33-20-9-8-18(14-22(20)43-4)27(10-12-41-2,11-13-42-3)44(38,39)40/h5-9,14-15H,10-13,16H2,1-4H3,(H2,38,39,40)(H2,32,33,34,35). The van der Waals surface area contributed by atoms with Gasteiger partial charge in [0.2, 0.25) is 5.95 Å². The van der Waals surface area contributed by atoms with Crippen molar-refractivity contribution in [2.75, 3.05) is 52.2 Å². The predicted molar refractivity (Wildman–Crippen MR) is 156 cm³/mol. The van der Waals surface area contributed by atoms with Crippen molar-refractivity contribution >= 4 is 36.6 Å². The van der Waals surface area contributed by atoms with E-state index < -0.39 is 30.3 Å². The van der Waals surface area contributed by atoms with Gasteiger partial charge in [0.05, 0.1) is 24.0 Å². The molecule has 0 saturated heterocycles. The summed E-state index contributed by atoms with van der Waals surface area (Å²) >= 11 is 0. The van der Waals surface area contributed by atoms with E-state index in [0.29, 0.717) is 24.0 Å². The number of ether oxygens (including phenoxy) is 3. The van der Waals surface area contributed by atoms with Gasteiger partial charge in [0, 0.05) is 47.2 Å². The van der Waals surface area contributed by atoms with Crippen LogP contribution in [0, 0.1) is 0 Å². The number of halogens is 3. The van der Waals surface area contributed by atoms with Gasteiger partial charge < -0.3 is 39.5 Å². The number of carbonyl (C=O) groups is 1.